The third kappa shape index (κ3) is 59.4. The van der Waals surface area contributed by atoms with Gasteiger partial charge in [0.15, 0.2) is 0 Å². The van der Waals surface area contributed by atoms with Gasteiger partial charge in [-0.05, 0) is 57.8 Å². The zero-order valence-corrected chi connectivity index (χ0v) is 49.4. The number of carbonyl (C=O) groups excluding carboxylic acids is 2. The Kier molecular flexibility index (Phi) is 61.4. The van der Waals surface area contributed by atoms with E-state index in [-0.39, 0.29) is 18.5 Å². The molecule has 0 saturated carbocycles. The van der Waals surface area contributed by atoms with Crippen LogP contribution in [-0.4, -0.2) is 47.4 Å². The first kappa shape index (κ1) is 71.3. The van der Waals surface area contributed by atoms with Gasteiger partial charge in [0.25, 0.3) is 0 Å². The summed E-state index contributed by atoms with van der Waals surface area (Å²) >= 11 is 0. The van der Waals surface area contributed by atoms with Gasteiger partial charge in [-0.25, -0.2) is 0 Å². The maximum absolute atomic E-state index is 12.4. The van der Waals surface area contributed by atoms with Crippen LogP contribution in [0.5, 0.6) is 0 Å². The molecule has 0 aromatic carbocycles. The van der Waals surface area contributed by atoms with E-state index in [0.717, 1.165) is 44.9 Å². The lowest BCUT2D eigenvalue weighted by molar-refractivity contribution is -0.143. The van der Waals surface area contributed by atoms with Crippen LogP contribution in [0.15, 0.2) is 24.3 Å². The maximum atomic E-state index is 12.4. The number of unbranched alkanes of at least 4 members (excludes halogenated alkanes) is 49. The molecular weight excluding hydrogens is 899 g/mol. The number of rotatable bonds is 62. The lowest BCUT2D eigenvalue weighted by Gasteiger charge is -2.20. The summed E-state index contributed by atoms with van der Waals surface area (Å²) in [7, 11) is 0. The predicted octanol–water partition coefficient (Wildman–Crippen LogP) is 21.0. The van der Waals surface area contributed by atoms with Crippen LogP contribution in [0.1, 0.15) is 367 Å². The summed E-state index contributed by atoms with van der Waals surface area (Å²) in [6.45, 7) is 4.91. The van der Waals surface area contributed by atoms with Gasteiger partial charge >= 0.3 is 5.97 Å². The number of amides is 1. The normalized spacial score (nSPS) is 12.7. The average molecular weight is 1030 g/mol. The number of aliphatic hydroxyl groups excluding tert-OH is 2. The van der Waals surface area contributed by atoms with Crippen molar-refractivity contribution in [2.75, 3.05) is 13.2 Å². The van der Waals surface area contributed by atoms with Gasteiger partial charge in [-0.15, -0.1) is 0 Å². The summed E-state index contributed by atoms with van der Waals surface area (Å²) in [6.07, 6.45) is 78.2. The van der Waals surface area contributed by atoms with Crippen LogP contribution in [-0.2, 0) is 14.3 Å². The van der Waals surface area contributed by atoms with E-state index in [9.17, 15) is 19.8 Å². The van der Waals surface area contributed by atoms with E-state index in [0.29, 0.717) is 19.4 Å². The molecule has 0 aliphatic heterocycles. The predicted molar refractivity (Wildman–Crippen MR) is 320 cm³/mol. The number of nitrogens with one attached hydrogen (secondary N) is 1. The molecule has 0 aliphatic rings. The highest BCUT2D eigenvalue weighted by atomic mass is 16.5. The van der Waals surface area contributed by atoms with Crippen molar-refractivity contribution in [1.82, 2.24) is 5.32 Å². The number of hydrogen-bond acceptors (Lipinski definition) is 5. The molecule has 0 spiro atoms. The van der Waals surface area contributed by atoms with Gasteiger partial charge in [0, 0.05) is 12.8 Å². The van der Waals surface area contributed by atoms with Crippen molar-refractivity contribution in [3.63, 3.8) is 0 Å². The van der Waals surface area contributed by atoms with E-state index in [4.69, 9.17) is 4.74 Å². The van der Waals surface area contributed by atoms with E-state index in [1.807, 2.05) is 6.08 Å². The van der Waals surface area contributed by atoms with Crippen LogP contribution in [0.25, 0.3) is 0 Å². The smallest absolute Gasteiger partial charge is 0.305 e. The Morgan fingerprint density at radius 3 is 0.973 bits per heavy atom. The largest absolute Gasteiger partial charge is 0.466 e. The van der Waals surface area contributed by atoms with E-state index in [2.05, 4.69) is 31.3 Å². The molecule has 0 bridgehead atoms. The molecule has 0 aliphatic carbocycles. The number of allylic oxidation sites excluding steroid dienone is 3. The quantitative estimate of drug-likeness (QED) is 0.0320. The van der Waals surface area contributed by atoms with Crippen molar-refractivity contribution < 1.29 is 24.5 Å². The molecule has 0 fully saturated rings. The summed E-state index contributed by atoms with van der Waals surface area (Å²) in [5, 5.41) is 23.0. The third-order valence-electron chi connectivity index (χ3n) is 15.5. The fraction of sp³-hybridized carbons (Fsp3) is 0.910. The minimum absolute atomic E-state index is 0.0152. The highest BCUT2D eigenvalue weighted by Crippen LogP contribution is 2.18. The van der Waals surface area contributed by atoms with Crippen molar-refractivity contribution in [3.8, 4) is 0 Å². The molecule has 3 N–H and O–H groups in total. The average Bonchev–Trinajstić information content (AvgIpc) is 3.39. The molecule has 2 atom stereocenters. The van der Waals surface area contributed by atoms with Crippen molar-refractivity contribution in [2.45, 2.75) is 379 Å². The summed E-state index contributed by atoms with van der Waals surface area (Å²) in [5.74, 6) is -0.0500. The van der Waals surface area contributed by atoms with Crippen molar-refractivity contribution in [3.05, 3.63) is 24.3 Å². The van der Waals surface area contributed by atoms with Gasteiger partial charge in [-0.2, -0.15) is 0 Å². The molecule has 0 aromatic heterocycles. The van der Waals surface area contributed by atoms with Crippen molar-refractivity contribution in [2.24, 2.45) is 0 Å². The van der Waals surface area contributed by atoms with Gasteiger partial charge in [0.05, 0.1) is 25.4 Å². The molecule has 0 radical (unpaired) electrons. The van der Waals surface area contributed by atoms with E-state index in [1.165, 1.54) is 295 Å². The number of esters is 1. The SMILES string of the molecule is CCCCCCCCC/C=C\CCCCCCCCCC(=O)OCCCCCCCCCCCCCCCCCCCCCCCCCCCCCC(=O)NC(CO)C(O)/C=C/CCCCCCCCCCC. The van der Waals surface area contributed by atoms with Crippen LogP contribution in [0.2, 0.25) is 0 Å². The number of ether oxygens (including phenoxy) is 1. The first-order chi connectivity index (χ1) is 36.0. The second-order valence-electron chi connectivity index (χ2n) is 22.8. The Morgan fingerprint density at radius 1 is 0.370 bits per heavy atom. The lowest BCUT2D eigenvalue weighted by atomic mass is 10.0. The van der Waals surface area contributed by atoms with Gasteiger partial charge < -0.3 is 20.3 Å². The summed E-state index contributed by atoms with van der Waals surface area (Å²) in [5.41, 5.74) is 0. The Morgan fingerprint density at radius 2 is 0.644 bits per heavy atom. The van der Waals surface area contributed by atoms with Gasteiger partial charge in [0.2, 0.25) is 5.91 Å². The Balaban J connectivity index is 3.33. The zero-order chi connectivity index (χ0) is 52.9. The Labute approximate surface area is 456 Å². The fourth-order valence-corrected chi connectivity index (χ4v) is 10.4. The minimum atomic E-state index is -0.841. The van der Waals surface area contributed by atoms with Crippen molar-refractivity contribution in [1.29, 1.82) is 0 Å². The highest BCUT2D eigenvalue weighted by Gasteiger charge is 2.18. The van der Waals surface area contributed by atoms with Gasteiger partial charge in [-0.1, -0.05) is 321 Å². The number of hydrogen-bond donors (Lipinski definition) is 3. The molecule has 6 heteroatoms. The van der Waals surface area contributed by atoms with Crippen LogP contribution in [0.4, 0.5) is 0 Å². The molecule has 0 rings (SSSR count). The number of carbonyl (C=O) groups is 2. The van der Waals surface area contributed by atoms with Crippen molar-refractivity contribution >= 4 is 11.9 Å². The Hall–Kier alpha value is -1.66. The topological polar surface area (TPSA) is 95.9 Å². The molecule has 73 heavy (non-hydrogen) atoms. The van der Waals surface area contributed by atoms with Crippen LogP contribution in [0.3, 0.4) is 0 Å². The molecule has 6 nitrogen and oxygen atoms in total. The van der Waals surface area contributed by atoms with Gasteiger partial charge in [-0.3, -0.25) is 9.59 Å². The summed E-state index contributed by atoms with van der Waals surface area (Å²) in [4.78, 5) is 24.5. The maximum Gasteiger partial charge on any atom is 0.305 e. The second-order valence-corrected chi connectivity index (χ2v) is 22.8. The molecule has 432 valence electrons. The first-order valence-corrected chi connectivity index (χ1v) is 33.1. The zero-order valence-electron chi connectivity index (χ0n) is 49.4. The molecular formula is C67H129NO5. The van der Waals surface area contributed by atoms with Crippen LogP contribution < -0.4 is 5.32 Å². The highest BCUT2D eigenvalue weighted by molar-refractivity contribution is 5.76. The van der Waals surface area contributed by atoms with E-state index >= 15 is 0 Å². The lowest BCUT2D eigenvalue weighted by Crippen LogP contribution is -2.45. The molecule has 0 saturated heterocycles. The molecule has 2 unspecified atom stereocenters. The third-order valence-corrected chi connectivity index (χ3v) is 15.5. The molecule has 0 heterocycles. The minimum Gasteiger partial charge on any atom is -0.466 e. The van der Waals surface area contributed by atoms with E-state index < -0.39 is 12.1 Å². The second kappa shape index (κ2) is 62.9. The first-order valence-electron chi connectivity index (χ1n) is 33.1. The van der Waals surface area contributed by atoms with Crippen LogP contribution >= 0.6 is 0 Å². The number of aliphatic hydroxyl groups is 2. The summed E-state index contributed by atoms with van der Waals surface area (Å²) < 4.78 is 5.50. The standard InChI is InChI=1S/C67H129NO5/c1-3-5-7-9-11-13-15-16-17-18-31-34-37-41-45-49-53-57-61-67(72)73-62-58-54-50-46-42-38-35-32-29-27-25-23-21-19-20-22-24-26-28-30-33-36-40-44-48-52-56-60-66(71)68-64(63-69)65(70)59-55-51-47-43-39-14-12-10-8-6-4-2/h17-18,55,59,64-65,69-70H,3-16,19-54,56-58,60-63H2,1-2H3,(H,68,71)/b18-17-,59-55+. The van der Waals surface area contributed by atoms with Crippen LogP contribution in [0, 0.1) is 0 Å². The summed E-state index contributed by atoms with van der Waals surface area (Å²) in [6, 6.07) is -0.624. The fourth-order valence-electron chi connectivity index (χ4n) is 10.4. The Bertz CT molecular complexity index is 1140. The monoisotopic (exact) mass is 1030 g/mol. The van der Waals surface area contributed by atoms with E-state index in [1.54, 1.807) is 6.08 Å². The van der Waals surface area contributed by atoms with Gasteiger partial charge in [0.1, 0.15) is 0 Å². The molecule has 0 aromatic rings. The molecule has 1 amide bonds.